The average molecular weight is 308 g/mol. The molecule has 0 bridgehead atoms. The number of nitrogens with one attached hydrogen (secondary N) is 1. The molecule has 1 rings (SSSR count). The van der Waals surface area contributed by atoms with Gasteiger partial charge in [-0.25, -0.2) is 0 Å². The molecule has 0 fully saturated rings. The Hall–Kier alpha value is -2.11. The molecule has 1 amide bonds. The van der Waals surface area contributed by atoms with E-state index in [9.17, 15) is 14.4 Å². The Bertz CT molecular complexity index is 619. The van der Waals surface area contributed by atoms with Gasteiger partial charge in [0.15, 0.2) is 0 Å². The lowest BCUT2D eigenvalue weighted by Crippen LogP contribution is -2.40. The summed E-state index contributed by atoms with van der Waals surface area (Å²) >= 11 is 0. The van der Waals surface area contributed by atoms with Crippen LogP contribution in [-0.4, -0.2) is 27.6 Å². The second-order valence-corrected chi connectivity index (χ2v) is 5.60. The van der Waals surface area contributed by atoms with Crippen LogP contribution >= 0.6 is 0 Å². The van der Waals surface area contributed by atoms with E-state index in [1.807, 2.05) is 20.8 Å². The molecule has 0 aliphatic carbocycles. The van der Waals surface area contributed by atoms with Crippen molar-refractivity contribution in [1.29, 1.82) is 0 Å². The Balaban J connectivity index is 2.99. The monoisotopic (exact) mass is 308 g/mol. The highest BCUT2D eigenvalue weighted by Gasteiger charge is 2.20. The van der Waals surface area contributed by atoms with Gasteiger partial charge >= 0.3 is 5.97 Å². The first kappa shape index (κ1) is 17.9. The van der Waals surface area contributed by atoms with Crippen molar-refractivity contribution < 1.29 is 14.7 Å². The van der Waals surface area contributed by atoms with Crippen LogP contribution < -0.4 is 10.9 Å². The summed E-state index contributed by atoms with van der Waals surface area (Å²) in [5, 5.41) is 11.6. The van der Waals surface area contributed by atoms with Gasteiger partial charge in [-0.1, -0.05) is 19.8 Å². The number of nitrogens with zero attached hydrogens (tertiary/aromatic N) is 1. The highest BCUT2D eigenvalue weighted by Crippen LogP contribution is 2.08. The molecule has 6 nitrogen and oxygen atoms in total. The van der Waals surface area contributed by atoms with Gasteiger partial charge in [-0.15, -0.1) is 0 Å². The summed E-state index contributed by atoms with van der Waals surface area (Å²) in [4.78, 5) is 35.4. The van der Waals surface area contributed by atoms with Crippen molar-refractivity contribution >= 4 is 11.9 Å². The number of aliphatic carboxylic acids is 1. The Morgan fingerprint density at radius 3 is 2.55 bits per heavy atom. The van der Waals surface area contributed by atoms with Crippen LogP contribution in [-0.2, 0) is 11.8 Å². The summed E-state index contributed by atoms with van der Waals surface area (Å²) in [6.45, 7) is 5.64. The average Bonchev–Trinajstić information content (AvgIpc) is 2.45. The number of amides is 1. The third-order valence-electron chi connectivity index (χ3n) is 3.88. The van der Waals surface area contributed by atoms with Gasteiger partial charge in [-0.2, -0.15) is 0 Å². The van der Waals surface area contributed by atoms with Crippen molar-refractivity contribution in [2.45, 2.75) is 52.5 Å². The normalized spacial score (nSPS) is 12.0. The molecule has 0 aliphatic rings. The van der Waals surface area contributed by atoms with Crippen molar-refractivity contribution in [3.05, 3.63) is 33.2 Å². The first-order valence-corrected chi connectivity index (χ1v) is 7.47. The highest BCUT2D eigenvalue weighted by atomic mass is 16.4. The number of carbonyl (C=O) groups excluding carboxylic acids is 1. The van der Waals surface area contributed by atoms with Crippen molar-refractivity contribution in [3.63, 3.8) is 0 Å². The van der Waals surface area contributed by atoms with E-state index in [0.29, 0.717) is 6.42 Å². The van der Waals surface area contributed by atoms with E-state index < -0.39 is 17.9 Å². The number of carbonyl (C=O) groups is 2. The van der Waals surface area contributed by atoms with Crippen LogP contribution in [0.15, 0.2) is 10.9 Å². The maximum atomic E-state index is 12.3. The van der Waals surface area contributed by atoms with Crippen molar-refractivity contribution in [1.82, 2.24) is 9.88 Å². The standard InChI is InChI=1S/C16H24N2O4/c1-5-6-7-12(9-14(19)20)17-15(21)13-8-10(2)11(3)18(4)16(13)22/h8,12H,5-7,9H2,1-4H3,(H,17,21)(H,19,20)/t12-/m1/s1. The zero-order valence-corrected chi connectivity index (χ0v) is 13.6. The van der Waals surface area contributed by atoms with Crippen LogP contribution in [0.25, 0.3) is 0 Å². The zero-order valence-electron chi connectivity index (χ0n) is 13.6. The molecule has 0 radical (unpaired) electrons. The Kier molecular flexibility index (Phi) is 6.34. The molecule has 0 saturated heterocycles. The van der Waals surface area contributed by atoms with Crippen LogP contribution in [0.4, 0.5) is 0 Å². The van der Waals surface area contributed by atoms with E-state index in [2.05, 4.69) is 5.32 Å². The first-order valence-electron chi connectivity index (χ1n) is 7.47. The molecule has 0 saturated carbocycles. The molecule has 1 aromatic heterocycles. The lowest BCUT2D eigenvalue weighted by Gasteiger charge is -2.17. The number of carboxylic acids is 1. The topological polar surface area (TPSA) is 88.4 Å². The summed E-state index contributed by atoms with van der Waals surface area (Å²) in [5.41, 5.74) is 1.33. The van der Waals surface area contributed by atoms with E-state index >= 15 is 0 Å². The van der Waals surface area contributed by atoms with E-state index in [1.165, 1.54) is 4.57 Å². The summed E-state index contributed by atoms with van der Waals surface area (Å²) in [6, 6.07) is 1.10. The van der Waals surface area contributed by atoms with Crippen molar-refractivity contribution in [2.24, 2.45) is 7.05 Å². The number of pyridine rings is 1. The second kappa shape index (κ2) is 7.77. The molecule has 122 valence electrons. The second-order valence-electron chi connectivity index (χ2n) is 5.60. The molecule has 6 heteroatoms. The SMILES string of the molecule is CCCC[C@H](CC(=O)O)NC(=O)c1cc(C)c(C)n(C)c1=O. The fourth-order valence-electron chi connectivity index (χ4n) is 2.29. The smallest absolute Gasteiger partial charge is 0.305 e. The van der Waals surface area contributed by atoms with Gasteiger partial charge in [0.1, 0.15) is 5.56 Å². The van der Waals surface area contributed by atoms with E-state index in [0.717, 1.165) is 24.1 Å². The molecule has 0 aliphatic heterocycles. The molecule has 2 N–H and O–H groups in total. The predicted octanol–water partition coefficient (Wildman–Crippen LogP) is 1.77. The Labute approximate surface area is 130 Å². The lowest BCUT2D eigenvalue weighted by atomic mass is 10.1. The fourth-order valence-corrected chi connectivity index (χ4v) is 2.29. The number of hydrogen-bond donors (Lipinski definition) is 2. The molecular weight excluding hydrogens is 284 g/mol. The lowest BCUT2D eigenvalue weighted by molar-refractivity contribution is -0.137. The van der Waals surface area contributed by atoms with Gasteiger partial charge in [0.25, 0.3) is 11.5 Å². The fraction of sp³-hybridized carbons (Fsp3) is 0.562. The van der Waals surface area contributed by atoms with Crippen LogP contribution in [0, 0.1) is 13.8 Å². The number of aromatic nitrogens is 1. The molecular formula is C16H24N2O4. The molecule has 0 aromatic carbocycles. The number of aryl methyl sites for hydroxylation is 1. The van der Waals surface area contributed by atoms with Gasteiger partial charge in [-0.05, 0) is 31.9 Å². The number of hydrogen-bond acceptors (Lipinski definition) is 3. The minimum atomic E-state index is -0.964. The maximum absolute atomic E-state index is 12.3. The first-order chi connectivity index (χ1) is 10.3. The number of unbranched alkanes of at least 4 members (excludes halogenated alkanes) is 1. The minimum absolute atomic E-state index is 0.0532. The van der Waals surface area contributed by atoms with E-state index in [1.54, 1.807) is 13.1 Å². The van der Waals surface area contributed by atoms with Crippen LogP contribution in [0.2, 0.25) is 0 Å². The molecule has 1 heterocycles. The van der Waals surface area contributed by atoms with E-state index in [4.69, 9.17) is 5.11 Å². The van der Waals surface area contributed by atoms with Crippen LogP contribution in [0.1, 0.15) is 54.2 Å². The molecule has 0 unspecified atom stereocenters. The quantitative estimate of drug-likeness (QED) is 0.803. The summed E-state index contributed by atoms with van der Waals surface area (Å²) in [5.74, 6) is -1.47. The molecule has 22 heavy (non-hydrogen) atoms. The van der Waals surface area contributed by atoms with Crippen LogP contribution in [0.3, 0.4) is 0 Å². The summed E-state index contributed by atoms with van der Waals surface area (Å²) in [6.07, 6.45) is 2.18. The third-order valence-corrected chi connectivity index (χ3v) is 3.88. The zero-order chi connectivity index (χ0) is 16.9. The van der Waals surface area contributed by atoms with Gasteiger partial charge in [-0.3, -0.25) is 14.4 Å². The van der Waals surface area contributed by atoms with Gasteiger partial charge in [0.2, 0.25) is 0 Å². The molecule has 0 spiro atoms. The maximum Gasteiger partial charge on any atom is 0.305 e. The van der Waals surface area contributed by atoms with E-state index in [-0.39, 0.29) is 17.5 Å². The highest BCUT2D eigenvalue weighted by molar-refractivity contribution is 5.94. The van der Waals surface area contributed by atoms with Gasteiger partial charge < -0.3 is 15.0 Å². The Morgan fingerprint density at radius 1 is 1.36 bits per heavy atom. The Morgan fingerprint density at radius 2 is 2.00 bits per heavy atom. The van der Waals surface area contributed by atoms with Gasteiger partial charge in [0, 0.05) is 18.8 Å². The van der Waals surface area contributed by atoms with Crippen LogP contribution in [0.5, 0.6) is 0 Å². The third kappa shape index (κ3) is 4.44. The van der Waals surface area contributed by atoms with Crippen molar-refractivity contribution in [3.8, 4) is 0 Å². The number of carboxylic acid groups (broad SMARTS) is 1. The van der Waals surface area contributed by atoms with Gasteiger partial charge in [0.05, 0.1) is 6.42 Å². The molecule has 1 atom stereocenters. The predicted molar refractivity (Wildman–Crippen MR) is 84.2 cm³/mol. The summed E-state index contributed by atoms with van der Waals surface area (Å²) < 4.78 is 1.43. The molecule has 1 aromatic rings. The van der Waals surface area contributed by atoms with Crippen molar-refractivity contribution in [2.75, 3.05) is 0 Å². The number of rotatable bonds is 7. The minimum Gasteiger partial charge on any atom is -0.481 e. The summed E-state index contributed by atoms with van der Waals surface area (Å²) in [7, 11) is 1.62. The largest absolute Gasteiger partial charge is 0.481 e.